The summed E-state index contributed by atoms with van der Waals surface area (Å²) in [6, 6.07) is 4.30. The molecule has 2 rings (SSSR count). The van der Waals surface area contributed by atoms with Gasteiger partial charge in [0.25, 0.3) is 0 Å². The molecule has 2 aromatic rings. The van der Waals surface area contributed by atoms with Crippen LogP contribution in [0.4, 0.5) is 21.7 Å². The Morgan fingerprint density at radius 3 is 2.71 bits per heavy atom. The summed E-state index contributed by atoms with van der Waals surface area (Å²) in [4.78, 5) is 7.92. The molecule has 0 radical (unpaired) electrons. The number of nitrogens with zero attached hydrogens (tertiary/aromatic N) is 2. The first kappa shape index (κ1) is 11.6. The van der Waals surface area contributed by atoms with Crippen LogP contribution in [0.2, 0.25) is 5.02 Å². The maximum atomic E-state index is 13.5. The van der Waals surface area contributed by atoms with Gasteiger partial charge in [0.15, 0.2) is 11.6 Å². The van der Waals surface area contributed by atoms with Crippen molar-refractivity contribution >= 4 is 28.9 Å². The van der Waals surface area contributed by atoms with Gasteiger partial charge < -0.3 is 10.7 Å². The van der Waals surface area contributed by atoms with Crippen LogP contribution in [0.15, 0.2) is 30.6 Å². The predicted molar refractivity (Wildman–Crippen MR) is 64.5 cm³/mol. The first-order valence-electron chi connectivity index (χ1n) is 4.70. The zero-order chi connectivity index (χ0) is 12.3. The van der Waals surface area contributed by atoms with Crippen molar-refractivity contribution in [3.8, 4) is 0 Å². The third kappa shape index (κ3) is 2.80. The van der Waals surface area contributed by atoms with Crippen LogP contribution in [0.25, 0.3) is 0 Å². The maximum absolute atomic E-state index is 13.5. The molecule has 1 aromatic heterocycles. The van der Waals surface area contributed by atoms with Gasteiger partial charge in [0.05, 0.1) is 18.1 Å². The number of aromatic nitrogens is 2. The minimum Gasteiger partial charge on any atom is -0.336 e. The van der Waals surface area contributed by atoms with Gasteiger partial charge >= 0.3 is 0 Å². The lowest BCUT2D eigenvalue weighted by Crippen LogP contribution is -2.09. The normalized spacial score (nSPS) is 10.1. The smallest absolute Gasteiger partial charge is 0.160 e. The standard InChI is InChI=1S/C10H9ClFN5/c11-6-1-2-8(7(12)3-6)15-9-4-14-5-10(16-9)17-13/h1-5H,13H2,(H2,15,16,17). The van der Waals surface area contributed by atoms with E-state index in [9.17, 15) is 4.39 Å². The third-order valence-electron chi connectivity index (χ3n) is 1.98. The van der Waals surface area contributed by atoms with Gasteiger partial charge in [0.2, 0.25) is 0 Å². The van der Waals surface area contributed by atoms with Gasteiger partial charge in [-0.05, 0) is 18.2 Å². The summed E-state index contributed by atoms with van der Waals surface area (Å²) in [5.74, 6) is 5.48. The molecule has 0 saturated carbocycles. The third-order valence-corrected chi connectivity index (χ3v) is 2.21. The van der Waals surface area contributed by atoms with Gasteiger partial charge in [-0.15, -0.1) is 0 Å². The van der Waals surface area contributed by atoms with Crippen molar-refractivity contribution in [3.05, 3.63) is 41.4 Å². The highest BCUT2D eigenvalue weighted by atomic mass is 35.5. The lowest BCUT2D eigenvalue weighted by Gasteiger charge is -2.07. The summed E-state index contributed by atoms with van der Waals surface area (Å²) in [6.07, 6.45) is 2.90. The Morgan fingerprint density at radius 2 is 2.00 bits per heavy atom. The molecular formula is C10H9ClFN5. The monoisotopic (exact) mass is 253 g/mol. The van der Waals surface area contributed by atoms with Crippen molar-refractivity contribution in [2.75, 3.05) is 10.7 Å². The van der Waals surface area contributed by atoms with E-state index in [1.165, 1.54) is 24.5 Å². The lowest BCUT2D eigenvalue weighted by molar-refractivity contribution is 0.632. The van der Waals surface area contributed by atoms with Gasteiger partial charge in [-0.1, -0.05) is 11.6 Å². The Morgan fingerprint density at radius 1 is 1.24 bits per heavy atom. The van der Waals surface area contributed by atoms with E-state index in [-0.39, 0.29) is 5.69 Å². The Kier molecular flexibility index (Phi) is 3.36. The number of nitrogens with two attached hydrogens (primary N) is 1. The highest BCUT2D eigenvalue weighted by Crippen LogP contribution is 2.21. The molecule has 1 aromatic carbocycles. The molecular weight excluding hydrogens is 245 g/mol. The summed E-state index contributed by atoms with van der Waals surface area (Å²) in [7, 11) is 0. The summed E-state index contributed by atoms with van der Waals surface area (Å²) >= 11 is 5.65. The molecule has 5 nitrogen and oxygen atoms in total. The van der Waals surface area contributed by atoms with Crippen LogP contribution < -0.4 is 16.6 Å². The lowest BCUT2D eigenvalue weighted by atomic mass is 10.3. The molecule has 0 fully saturated rings. The van der Waals surface area contributed by atoms with E-state index < -0.39 is 5.82 Å². The summed E-state index contributed by atoms with van der Waals surface area (Å²) in [6.45, 7) is 0. The van der Waals surface area contributed by atoms with Crippen LogP contribution in [-0.4, -0.2) is 9.97 Å². The minimum absolute atomic E-state index is 0.262. The number of halogens is 2. The molecule has 0 aliphatic rings. The van der Waals surface area contributed by atoms with Crippen molar-refractivity contribution in [2.24, 2.45) is 5.84 Å². The van der Waals surface area contributed by atoms with Gasteiger partial charge in [0, 0.05) is 5.02 Å². The van der Waals surface area contributed by atoms with E-state index in [4.69, 9.17) is 17.4 Å². The molecule has 0 bridgehead atoms. The minimum atomic E-state index is -0.467. The fraction of sp³-hybridized carbons (Fsp3) is 0. The average molecular weight is 254 g/mol. The molecule has 0 atom stereocenters. The zero-order valence-electron chi connectivity index (χ0n) is 8.61. The van der Waals surface area contributed by atoms with E-state index >= 15 is 0 Å². The van der Waals surface area contributed by atoms with E-state index in [1.54, 1.807) is 6.07 Å². The quantitative estimate of drug-likeness (QED) is 0.578. The van der Waals surface area contributed by atoms with Gasteiger partial charge in [-0.3, -0.25) is 4.98 Å². The van der Waals surface area contributed by atoms with Crippen LogP contribution in [0.5, 0.6) is 0 Å². The largest absolute Gasteiger partial charge is 0.336 e. The second kappa shape index (κ2) is 4.94. The van der Waals surface area contributed by atoms with Crippen molar-refractivity contribution in [2.45, 2.75) is 0 Å². The molecule has 7 heteroatoms. The molecule has 0 amide bonds. The SMILES string of the molecule is NNc1cncc(Nc2ccc(Cl)cc2F)n1. The van der Waals surface area contributed by atoms with Crippen molar-refractivity contribution < 1.29 is 4.39 Å². The van der Waals surface area contributed by atoms with Crippen LogP contribution in [0.3, 0.4) is 0 Å². The van der Waals surface area contributed by atoms with Gasteiger partial charge in [-0.2, -0.15) is 0 Å². The zero-order valence-corrected chi connectivity index (χ0v) is 9.37. The van der Waals surface area contributed by atoms with Crippen LogP contribution in [0, 0.1) is 5.82 Å². The molecule has 0 spiro atoms. The Hall–Kier alpha value is -1.92. The summed E-state index contributed by atoms with van der Waals surface area (Å²) in [5.41, 5.74) is 2.61. The average Bonchev–Trinajstić information content (AvgIpc) is 2.33. The topological polar surface area (TPSA) is 75.9 Å². The summed E-state index contributed by atoms with van der Waals surface area (Å²) in [5, 5.41) is 3.10. The van der Waals surface area contributed by atoms with Gasteiger partial charge in [0.1, 0.15) is 5.82 Å². The number of nitrogens with one attached hydrogen (secondary N) is 2. The molecule has 0 aliphatic carbocycles. The second-order valence-corrected chi connectivity index (χ2v) is 3.62. The maximum Gasteiger partial charge on any atom is 0.160 e. The van der Waals surface area contributed by atoms with Crippen molar-refractivity contribution in [1.29, 1.82) is 0 Å². The highest BCUT2D eigenvalue weighted by Gasteiger charge is 2.04. The fourth-order valence-corrected chi connectivity index (χ4v) is 1.38. The highest BCUT2D eigenvalue weighted by molar-refractivity contribution is 6.30. The van der Waals surface area contributed by atoms with E-state index in [0.717, 1.165) is 0 Å². The first-order chi connectivity index (χ1) is 8.19. The molecule has 0 aliphatic heterocycles. The van der Waals surface area contributed by atoms with Crippen LogP contribution >= 0.6 is 11.6 Å². The van der Waals surface area contributed by atoms with Crippen LogP contribution in [0.1, 0.15) is 0 Å². The Bertz CT molecular complexity index is 534. The molecule has 17 heavy (non-hydrogen) atoms. The molecule has 4 N–H and O–H groups in total. The van der Waals surface area contributed by atoms with Crippen molar-refractivity contribution in [3.63, 3.8) is 0 Å². The van der Waals surface area contributed by atoms with E-state index in [0.29, 0.717) is 16.7 Å². The molecule has 1 heterocycles. The summed E-state index contributed by atoms with van der Waals surface area (Å²) < 4.78 is 13.5. The number of hydrazine groups is 1. The Balaban J connectivity index is 2.25. The number of nitrogen functional groups attached to an aromatic ring is 1. The number of hydrogen-bond donors (Lipinski definition) is 3. The van der Waals surface area contributed by atoms with E-state index in [2.05, 4.69) is 20.7 Å². The predicted octanol–water partition coefficient (Wildman–Crippen LogP) is 2.30. The first-order valence-corrected chi connectivity index (χ1v) is 5.07. The second-order valence-electron chi connectivity index (χ2n) is 3.18. The Labute approximate surface area is 102 Å². The number of anilines is 3. The van der Waals surface area contributed by atoms with Gasteiger partial charge in [-0.25, -0.2) is 15.2 Å². The molecule has 0 unspecified atom stereocenters. The number of rotatable bonds is 3. The molecule has 88 valence electrons. The molecule has 0 saturated heterocycles. The fourth-order valence-electron chi connectivity index (χ4n) is 1.22. The number of hydrogen-bond acceptors (Lipinski definition) is 5. The number of benzene rings is 1. The van der Waals surface area contributed by atoms with Crippen LogP contribution in [-0.2, 0) is 0 Å². The van der Waals surface area contributed by atoms with Crippen molar-refractivity contribution in [1.82, 2.24) is 9.97 Å². The van der Waals surface area contributed by atoms with E-state index in [1.807, 2.05) is 0 Å².